The lowest BCUT2D eigenvalue weighted by Crippen LogP contribution is -2.09. The fraction of sp³-hybridized carbons (Fsp3) is 0. The van der Waals surface area contributed by atoms with E-state index in [1.54, 1.807) is 12.3 Å². The van der Waals surface area contributed by atoms with E-state index in [2.05, 4.69) is 9.88 Å². The molecule has 0 amide bonds. The molecule has 0 saturated carbocycles. The highest BCUT2D eigenvalue weighted by Gasteiger charge is 2.36. The molecular weight excluding hydrogens is 488 g/mol. The van der Waals surface area contributed by atoms with E-state index in [4.69, 9.17) is 0 Å². The number of Topliss-reactive ketones (excluding diaryl/α,β-unsaturated/α-hetero) is 2. The summed E-state index contributed by atoms with van der Waals surface area (Å²) in [5, 5.41) is 4.54. The summed E-state index contributed by atoms with van der Waals surface area (Å²) in [5.41, 5.74) is 2.20. The molecule has 0 N–H and O–H groups in total. The first-order valence-corrected chi connectivity index (χ1v) is 13.1. The van der Waals surface area contributed by atoms with Gasteiger partial charge < -0.3 is 0 Å². The summed E-state index contributed by atoms with van der Waals surface area (Å²) in [7, 11) is 0. The van der Waals surface area contributed by atoms with Crippen LogP contribution in [-0.4, -0.2) is 16.6 Å². The SMILES string of the molecule is O=C1C(=Cc2ccc(N(c3ccccc3)c3ccccn3)s2)C(=O)c2c1c1ccccc1c1ccccc21. The van der Waals surface area contributed by atoms with Gasteiger partial charge in [0.15, 0.2) is 11.6 Å². The predicted molar refractivity (Wildman–Crippen MR) is 155 cm³/mol. The van der Waals surface area contributed by atoms with Crippen LogP contribution >= 0.6 is 11.3 Å². The number of para-hydroxylation sites is 1. The minimum absolute atomic E-state index is 0.207. The number of carbonyl (C=O) groups is 2. The molecule has 0 saturated heterocycles. The molecule has 0 spiro atoms. The highest BCUT2D eigenvalue weighted by Crippen LogP contribution is 2.42. The Morgan fingerprint density at radius 1 is 0.605 bits per heavy atom. The Morgan fingerprint density at radius 3 is 1.79 bits per heavy atom. The van der Waals surface area contributed by atoms with Gasteiger partial charge in [-0.25, -0.2) is 4.98 Å². The Balaban J connectivity index is 1.35. The normalized spacial score (nSPS) is 12.8. The predicted octanol–water partition coefficient (Wildman–Crippen LogP) is 8.38. The third-order valence-corrected chi connectivity index (χ3v) is 7.91. The molecule has 38 heavy (non-hydrogen) atoms. The first-order chi connectivity index (χ1) is 18.7. The Morgan fingerprint density at radius 2 is 1.18 bits per heavy atom. The van der Waals surface area contributed by atoms with E-state index in [0.29, 0.717) is 11.1 Å². The third kappa shape index (κ3) is 3.48. The van der Waals surface area contributed by atoms with Crippen molar-refractivity contribution in [2.24, 2.45) is 0 Å². The number of rotatable bonds is 4. The first kappa shape index (κ1) is 22.3. The standard InChI is InChI=1S/C33H20N2O2S/c36-32-27(33(37)31-26-15-7-5-13-24(26)23-12-4-6-14-25(23)30(31)32)20-22-17-18-29(38-22)35(21-10-2-1-3-11-21)28-16-8-9-19-34-28/h1-20H. The molecule has 0 radical (unpaired) electrons. The van der Waals surface area contributed by atoms with Crippen molar-refractivity contribution >= 4 is 67.0 Å². The van der Waals surface area contributed by atoms with Crippen LogP contribution in [0.1, 0.15) is 25.6 Å². The zero-order chi connectivity index (χ0) is 25.6. The lowest BCUT2D eigenvalue weighted by atomic mass is 9.93. The fourth-order valence-corrected chi connectivity index (χ4v) is 6.21. The number of thiophene rings is 1. The number of allylic oxidation sites excluding steroid dienone is 1. The molecule has 0 atom stereocenters. The number of aromatic nitrogens is 1. The molecule has 4 aromatic carbocycles. The third-order valence-electron chi connectivity index (χ3n) is 6.89. The van der Waals surface area contributed by atoms with Crippen molar-refractivity contribution in [2.75, 3.05) is 4.90 Å². The summed E-state index contributed by atoms with van der Waals surface area (Å²) >= 11 is 1.51. The second-order valence-electron chi connectivity index (χ2n) is 9.09. The molecule has 180 valence electrons. The number of hydrogen-bond acceptors (Lipinski definition) is 5. The molecule has 0 aliphatic heterocycles. The maximum Gasteiger partial charge on any atom is 0.198 e. The number of carbonyl (C=O) groups excluding carboxylic acids is 2. The molecule has 5 heteroatoms. The Hall–Kier alpha value is -4.87. The van der Waals surface area contributed by atoms with E-state index in [1.165, 1.54) is 11.3 Å². The Labute approximate surface area is 223 Å². The van der Waals surface area contributed by atoms with Crippen LogP contribution in [-0.2, 0) is 0 Å². The molecule has 4 nitrogen and oxygen atoms in total. The van der Waals surface area contributed by atoms with Crippen LogP contribution in [0.2, 0.25) is 0 Å². The van der Waals surface area contributed by atoms with Crippen molar-refractivity contribution in [3.05, 3.63) is 137 Å². The quantitative estimate of drug-likeness (QED) is 0.136. The van der Waals surface area contributed by atoms with Gasteiger partial charge in [0.2, 0.25) is 0 Å². The van der Waals surface area contributed by atoms with Gasteiger partial charge in [0.25, 0.3) is 0 Å². The minimum Gasteiger partial charge on any atom is -0.288 e. The number of pyridine rings is 1. The van der Waals surface area contributed by atoms with Crippen LogP contribution in [0.4, 0.5) is 16.5 Å². The molecule has 2 aromatic heterocycles. The molecule has 0 fully saturated rings. The Kier molecular flexibility index (Phi) is 5.23. The summed E-state index contributed by atoms with van der Waals surface area (Å²) < 4.78 is 0. The summed E-state index contributed by atoms with van der Waals surface area (Å²) in [6.07, 6.45) is 3.51. The van der Waals surface area contributed by atoms with Crippen LogP contribution in [0.5, 0.6) is 0 Å². The fourth-order valence-electron chi connectivity index (χ4n) is 5.23. The van der Waals surface area contributed by atoms with E-state index in [0.717, 1.165) is 42.9 Å². The average Bonchev–Trinajstić information content (AvgIpc) is 3.53. The van der Waals surface area contributed by atoms with E-state index in [9.17, 15) is 9.59 Å². The molecule has 7 rings (SSSR count). The monoisotopic (exact) mass is 508 g/mol. The first-order valence-electron chi connectivity index (χ1n) is 12.3. The van der Waals surface area contributed by atoms with Gasteiger partial charge in [-0.2, -0.15) is 0 Å². The van der Waals surface area contributed by atoms with Crippen molar-refractivity contribution in [1.82, 2.24) is 4.98 Å². The molecule has 1 aliphatic rings. The largest absolute Gasteiger partial charge is 0.288 e. The van der Waals surface area contributed by atoms with Crippen LogP contribution in [0.25, 0.3) is 27.6 Å². The van der Waals surface area contributed by atoms with Crippen LogP contribution in [0.15, 0.2) is 121 Å². The van der Waals surface area contributed by atoms with Gasteiger partial charge in [-0.3, -0.25) is 14.5 Å². The Bertz CT molecular complexity index is 1790. The number of ketones is 2. The molecule has 0 bridgehead atoms. The maximum atomic E-state index is 13.7. The van der Waals surface area contributed by atoms with Gasteiger partial charge in [0.05, 0.1) is 5.57 Å². The summed E-state index contributed by atoms with van der Waals surface area (Å²) in [6.45, 7) is 0. The van der Waals surface area contributed by atoms with E-state index in [1.807, 2.05) is 109 Å². The highest BCUT2D eigenvalue weighted by molar-refractivity contribution is 7.17. The average molecular weight is 509 g/mol. The number of nitrogens with zero attached hydrogens (tertiary/aromatic N) is 2. The minimum atomic E-state index is -0.216. The van der Waals surface area contributed by atoms with E-state index in [-0.39, 0.29) is 17.1 Å². The van der Waals surface area contributed by atoms with Crippen LogP contribution in [0.3, 0.4) is 0 Å². The molecule has 6 aromatic rings. The van der Waals surface area contributed by atoms with E-state index >= 15 is 0 Å². The summed E-state index contributed by atoms with van der Waals surface area (Å²) in [4.78, 5) is 35.0. The van der Waals surface area contributed by atoms with Gasteiger partial charge in [-0.15, -0.1) is 11.3 Å². The van der Waals surface area contributed by atoms with E-state index < -0.39 is 0 Å². The van der Waals surface area contributed by atoms with Crippen molar-refractivity contribution in [3.8, 4) is 0 Å². The van der Waals surface area contributed by atoms with Gasteiger partial charge in [0, 0.05) is 27.9 Å². The summed E-state index contributed by atoms with van der Waals surface area (Å²) in [6, 6.07) is 35.4. The topological polar surface area (TPSA) is 50.3 Å². The second-order valence-corrected chi connectivity index (χ2v) is 10.2. The second kappa shape index (κ2) is 8.91. The van der Waals surface area contributed by atoms with Crippen molar-refractivity contribution in [1.29, 1.82) is 0 Å². The molecular formula is C33H20N2O2S. The zero-order valence-corrected chi connectivity index (χ0v) is 21.0. The zero-order valence-electron chi connectivity index (χ0n) is 20.2. The summed E-state index contributed by atoms with van der Waals surface area (Å²) in [5.74, 6) is 0.358. The smallest absolute Gasteiger partial charge is 0.198 e. The lowest BCUT2D eigenvalue weighted by molar-refractivity contribution is 0.0991. The van der Waals surface area contributed by atoms with Gasteiger partial charge in [-0.1, -0.05) is 72.8 Å². The maximum absolute atomic E-state index is 13.7. The molecule has 1 aliphatic carbocycles. The van der Waals surface area contributed by atoms with Crippen LogP contribution < -0.4 is 4.90 Å². The number of anilines is 3. The van der Waals surface area contributed by atoms with Crippen molar-refractivity contribution in [2.45, 2.75) is 0 Å². The van der Waals surface area contributed by atoms with Gasteiger partial charge >= 0.3 is 0 Å². The molecule has 0 unspecified atom stereocenters. The van der Waals surface area contributed by atoms with Crippen molar-refractivity contribution in [3.63, 3.8) is 0 Å². The van der Waals surface area contributed by atoms with Crippen molar-refractivity contribution < 1.29 is 9.59 Å². The lowest BCUT2D eigenvalue weighted by Gasteiger charge is -2.22. The number of fused-ring (bicyclic) bond motifs is 6. The highest BCUT2D eigenvalue weighted by atomic mass is 32.1. The number of benzene rings is 4. The van der Waals surface area contributed by atoms with Gasteiger partial charge in [-0.05, 0) is 64.0 Å². The molecule has 2 heterocycles. The number of hydrogen-bond donors (Lipinski definition) is 0. The van der Waals surface area contributed by atoms with Crippen LogP contribution in [0, 0.1) is 0 Å². The van der Waals surface area contributed by atoms with Gasteiger partial charge in [0.1, 0.15) is 10.8 Å².